The Bertz CT molecular complexity index is 504. The van der Waals surface area contributed by atoms with Gasteiger partial charge in [0, 0.05) is 10.7 Å². The van der Waals surface area contributed by atoms with Crippen LogP contribution in [-0.2, 0) is 5.54 Å². The minimum Gasteiger partial charge on any atom is -0.339 e. The van der Waals surface area contributed by atoms with Gasteiger partial charge in [-0.2, -0.15) is 0 Å². The molecule has 4 nitrogen and oxygen atoms in total. The number of aromatic amines is 1. The molecular formula is C11H15BrN4. The highest BCUT2D eigenvalue weighted by molar-refractivity contribution is 9.10. The molecule has 0 spiro atoms. The Hall–Kier alpha value is -0.940. The number of hydrogen-bond acceptors (Lipinski definition) is 3. The second-order valence-corrected chi connectivity index (χ2v) is 5.19. The lowest BCUT2D eigenvalue weighted by atomic mass is 9.97. The van der Waals surface area contributed by atoms with Crippen LogP contribution in [-0.4, -0.2) is 15.0 Å². The third-order valence-electron chi connectivity index (χ3n) is 2.61. The summed E-state index contributed by atoms with van der Waals surface area (Å²) >= 11 is 3.38. The van der Waals surface area contributed by atoms with Crippen LogP contribution >= 0.6 is 15.9 Å². The second kappa shape index (κ2) is 4.14. The van der Waals surface area contributed by atoms with Gasteiger partial charge in [0.05, 0.1) is 11.1 Å². The number of rotatable bonds is 3. The first-order chi connectivity index (χ1) is 7.53. The van der Waals surface area contributed by atoms with Crippen molar-refractivity contribution in [1.82, 2.24) is 15.0 Å². The zero-order valence-corrected chi connectivity index (χ0v) is 11.0. The summed E-state index contributed by atoms with van der Waals surface area (Å²) in [7, 11) is 0. The van der Waals surface area contributed by atoms with Crippen LogP contribution in [0.2, 0.25) is 0 Å². The minimum absolute atomic E-state index is 0.415. The van der Waals surface area contributed by atoms with E-state index >= 15 is 0 Å². The Balaban J connectivity index is 2.46. The van der Waals surface area contributed by atoms with Crippen molar-refractivity contribution in [3.63, 3.8) is 0 Å². The van der Waals surface area contributed by atoms with Gasteiger partial charge in [0.25, 0.3) is 0 Å². The average molecular weight is 283 g/mol. The molecule has 0 bridgehead atoms. The predicted molar refractivity (Wildman–Crippen MR) is 68.0 cm³/mol. The van der Waals surface area contributed by atoms with Gasteiger partial charge in [0.1, 0.15) is 5.82 Å². The normalized spacial score (nSPS) is 15.2. The van der Waals surface area contributed by atoms with E-state index in [-0.39, 0.29) is 0 Å². The monoisotopic (exact) mass is 282 g/mol. The molecule has 1 atom stereocenters. The van der Waals surface area contributed by atoms with Crippen LogP contribution in [0.4, 0.5) is 0 Å². The maximum absolute atomic E-state index is 6.22. The fraction of sp³-hybridized carbons (Fsp3) is 0.455. The summed E-state index contributed by atoms with van der Waals surface area (Å²) in [5.74, 6) is 0.801. The molecule has 16 heavy (non-hydrogen) atoms. The highest BCUT2D eigenvalue weighted by atomic mass is 79.9. The molecule has 2 rings (SSSR count). The molecule has 0 amide bonds. The Morgan fingerprint density at radius 3 is 3.00 bits per heavy atom. The number of nitrogens with one attached hydrogen (secondary N) is 1. The molecule has 0 radical (unpaired) electrons. The lowest BCUT2D eigenvalue weighted by molar-refractivity contribution is 0.424. The predicted octanol–water partition coefficient (Wildman–Crippen LogP) is 2.69. The Morgan fingerprint density at radius 2 is 2.31 bits per heavy atom. The van der Waals surface area contributed by atoms with E-state index in [0.717, 1.165) is 28.7 Å². The zero-order chi connectivity index (χ0) is 11.8. The average Bonchev–Trinajstić information content (AvgIpc) is 2.61. The van der Waals surface area contributed by atoms with Crippen LogP contribution in [0, 0.1) is 0 Å². The van der Waals surface area contributed by atoms with Gasteiger partial charge in [-0.15, -0.1) is 0 Å². The summed E-state index contributed by atoms with van der Waals surface area (Å²) in [6.45, 7) is 4.10. The highest BCUT2D eigenvalue weighted by Crippen LogP contribution is 2.23. The molecule has 86 valence electrons. The molecule has 1 unspecified atom stereocenters. The Kier molecular flexibility index (Phi) is 2.99. The molecule has 2 aromatic heterocycles. The smallest absolute Gasteiger partial charge is 0.177 e. The van der Waals surface area contributed by atoms with E-state index in [9.17, 15) is 0 Å². The number of fused-ring (bicyclic) bond motifs is 1. The number of pyridine rings is 1. The lowest BCUT2D eigenvalue weighted by Gasteiger charge is -2.20. The first-order valence-corrected chi connectivity index (χ1v) is 6.13. The molecule has 2 heterocycles. The third-order valence-corrected chi connectivity index (χ3v) is 3.05. The van der Waals surface area contributed by atoms with Gasteiger partial charge in [-0.3, -0.25) is 0 Å². The molecule has 5 heteroatoms. The number of nitrogens with two attached hydrogens (primary N) is 1. The van der Waals surface area contributed by atoms with Crippen molar-refractivity contribution in [2.24, 2.45) is 5.73 Å². The van der Waals surface area contributed by atoms with Crippen molar-refractivity contribution >= 4 is 27.1 Å². The number of halogens is 1. The summed E-state index contributed by atoms with van der Waals surface area (Å²) < 4.78 is 0.935. The quantitative estimate of drug-likeness (QED) is 0.910. The van der Waals surface area contributed by atoms with Gasteiger partial charge in [-0.25, -0.2) is 9.97 Å². The number of imidazole rings is 1. The summed E-state index contributed by atoms with van der Waals surface area (Å²) in [6.07, 6.45) is 3.66. The topological polar surface area (TPSA) is 67.6 Å². The Labute approximate surface area is 103 Å². The third kappa shape index (κ3) is 2.10. The number of H-pyrrole nitrogens is 1. The summed E-state index contributed by atoms with van der Waals surface area (Å²) in [5.41, 5.74) is 7.43. The Morgan fingerprint density at radius 1 is 1.56 bits per heavy atom. The molecule has 0 aromatic carbocycles. The molecule has 0 fully saturated rings. The van der Waals surface area contributed by atoms with Gasteiger partial charge >= 0.3 is 0 Å². The van der Waals surface area contributed by atoms with Crippen LogP contribution < -0.4 is 5.73 Å². The van der Waals surface area contributed by atoms with E-state index in [1.807, 2.05) is 13.0 Å². The SMILES string of the molecule is CCCC(C)(N)c1nc2ncc(Br)cc2[nH]1. The van der Waals surface area contributed by atoms with E-state index in [2.05, 4.69) is 37.8 Å². The van der Waals surface area contributed by atoms with Crippen molar-refractivity contribution in [2.75, 3.05) is 0 Å². The molecule has 0 saturated heterocycles. The van der Waals surface area contributed by atoms with E-state index < -0.39 is 5.54 Å². The van der Waals surface area contributed by atoms with Crippen LogP contribution in [0.25, 0.3) is 11.2 Å². The molecule has 0 saturated carbocycles. The van der Waals surface area contributed by atoms with Crippen LogP contribution in [0.15, 0.2) is 16.7 Å². The standard InChI is InChI=1S/C11H15BrN4/c1-3-4-11(2,13)10-15-8-5-7(12)6-14-9(8)16-10/h5-6H,3-4,13H2,1-2H3,(H,14,15,16). The van der Waals surface area contributed by atoms with Gasteiger partial charge in [-0.1, -0.05) is 13.3 Å². The van der Waals surface area contributed by atoms with Gasteiger partial charge in [-0.05, 0) is 35.3 Å². The van der Waals surface area contributed by atoms with Crippen molar-refractivity contribution in [1.29, 1.82) is 0 Å². The minimum atomic E-state index is -0.415. The van der Waals surface area contributed by atoms with Crippen LogP contribution in [0.3, 0.4) is 0 Å². The fourth-order valence-electron chi connectivity index (χ4n) is 1.78. The number of hydrogen-bond donors (Lipinski definition) is 2. The van der Waals surface area contributed by atoms with Gasteiger partial charge in [0.2, 0.25) is 0 Å². The molecule has 0 aliphatic carbocycles. The number of aromatic nitrogens is 3. The fourth-order valence-corrected chi connectivity index (χ4v) is 2.11. The molecule has 3 N–H and O–H groups in total. The maximum Gasteiger partial charge on any atom is 0.177 e. The van der Waals surface area contributed by atoms with E-state index in [0.29, 0.717) is 5.65 Å². The van der Waals surface area contributed by atoms with E-state index in [1.54, 1.807) is 6.20 Å². The molecular weight excluding hydrogens is 268 g/mol. The van der Waals surface area contributed by atoms with Gasteiger partial charge < -0.3 is 10.7 Å². The maximum atomic E-state index is 6.22. The zero-order valence-electron chi connectivity index (χ0n) is 9.42. The second-order valence-electron chi connectivity index (χ2n) is 4.28. The molecule has 2 aromatic rings. The summed E-state index contributed by atoms with van der Waals surface area (Å²) in [4.78, 5) is 11.9. The van der Waals surface area contributed by atoms with Crippen molar-refractivity contribution in [3.8, 4) is 0 Å². The summed E-state index contributed by atoms with van der Waals surface area (Å²) in [6, 6.07) is 1.96. The largest absolute Gasteiger partial charge is 0.339 e. The highest BCUT2D eigenvalue weighted by Gasteiger charge is 2.24. The van der Waals surface area contributed by atoms with Crippen molar-refractivity contribution in [2.45, 2.75) is 32.2 Å². The number of nitrogens with zero attached hydrogens (tertiary/aromatic N) is 2. The summed E-state index contributed by atoms with van der Waals surface area (Å²) in [5, 5.41) is 0. The van der Waals surface area contributed by atoms with Gasteiger partial charge in [0.15, 0.2) is 5.65 Å². The van der Waals surface area contributed by atoms with Crippen molar-refractivity contribution in [3.05, 3.63) is 22.6 Å². The molecule has 0 aliphatic heterocycles. The lowest BCUT2D eigenvalue weighted by Crippen LogP contribution is -2.34. The first kappa shape index (κ1) is 11.5. The molecule has 0 aliphatic rings. The van der Waals surface area contributed by atoms with E-state index in [1.165, 1.54) is 0 Å². The van der Waals surface area contributed by atoms with Crippen LogP contribution in [0.1, 0.15) is 32.5 Å². The van der Waals surface area contributed by atoms with Crippen molar-refractivity contribution < 1.29 is 0 Å². The first-order valence-electron chi connectivity index (χ1n) is 5.33. The van der Waals surface area contributed by atoms with Crippen LogP contribution in [0.5, 0.6) is 0 Å². The van der Waals surface area contributed by atoms with E-state index in [4.69, 9.17) is 5.73 Å².